The maximum atomic E-state index is 12.8. The Labute approximate surface area is 200 Å². The molecule has 0 atom stereocenters. The summed E-state index contributed by atoms with van der Waals surface area (Å²) in [6, 6.07) is 10.0. The van der Waals surface area contributed by atoms with Crippen LogP contribution in [0, 0.1) is 0 Å². The summed E-state index contributed by atoms with van der Waals surface area (Å²) in [7, 11) is -1.56. The van der Waals surface area contributed by atoms with Crippen LogP contribution in [0.3, 0.4) is 0 Å². The Kier molecular flexibility index (Phi) is 7.47. The summed E-state index contributed by atoms with van der Waals surface area (Å²) >= 11 is 11.8. The third-order valence-electron chi connectivity index (χ3n) is 4.49. The number of esters is 2. The molecular weight excluding hydrogens is 491 g/mol. The number of hydrogen-bond donors (Lipinski definition) is 1. The minimum Gasteiger partial charge on any atom is -0.465 e. The van der Waals surface area contributed by atoms with Crippen molar-refractivity contribution in [2.45, 2.75) is 4.90 Å². The molecule has 0 amide bonds. The van der Waals surface area contributed by atoms with Crippen molar-refractivity contribution in [3.8, 4) is 0 Å². The summed E-state index contributed by atoms with van der Waals surface area (Å²) in [6.45, 7) is 0. The molecule has 0 spiro atoms. The van der Waals surface area contributed by atoms with E-state index in [9.17, 15) is 18.0 Å². The van der Waals surface area contributed by atoms with Crippen molar-refractivity contribution in [3.05, 3.63) is 88.2 Å². The van der Waals surface area contributed by atoms with E-state index >= 15 is 0 Å². The lowest BCUT2D eigenvalue weighted by molar-refractivity contribution is -0.139. The van der Waals surface area contributed by atoms with E-state index in [1.807, 2.05) is 0 Å². The monoisotopic (exact) mass is 508 g/mol. The van der Waals surface area contributed by atoms with Gasteiger partial charge in [-0.2, -0.15) is 0 Å². The van der Waals surface area contributed by atoms with Crippen molar-refractivity contribution in [3.63, 3.8) is 0 Å². The largest absolute Gasteiger partial charge is 0.465 e. The van der Waals surface area contributed by atoms with Crippen LogP contribution >= 0.6 is 23.2 Å². The molecule has 1 N–H and O–H groups in total. The molecule has 0 saturated carbocycles. The van der Waals surface area contributed by atoms with Gasteiger partial charge >= 0.3 is 11.9 Å². The molecule has 0 fully saturated rings. The van der Waals surface area contributed by atoms with Crippen molar-refractivity contribution in [1.82, 2.24) is 0 Å². The first-order chi connectivity index (χ1) is 15.7. The topological polar surface area (TPSA) is 102 Å². The first-order valence-electron chi connectivity index (χ1n) is 9.31. The summed E-state index contributed by atoms with van der Waals surface area (Å²) < 4.78 is 37.6. The number of sulfonamides is 1. The van der Waals surface area contributed by atoms with Gasteiger partial charge in [0.25, 0.3) is 10.0 Å². The van der Waals surface area contributed by atoms with Crippen LogP contribution in [0.1, 0.15) is 0 Å². The SMILES string of the molecule is COC(=O)C1=C(C(=O)OC)N(c2ccc(S(=O)(=O)Nc3ccc(Cl)c(Cl)c3)cc2)C=CC=C1. The number of benzene rings is 2. The number of carbonyl (C=O) groups is 2. The normalized spacial score (nSPS) is 13.5. The predicted molar refractivity (Wildman–Crippen MR) is 126 cm³/mol. The zero-order chi connectivity index (χ0) is 24.2. The molecule has 8 nitrogen and oxygen atoms in total. The van der Waals surface area contributed by atoms with E-state index in [-0.39, 0.29) is 26.9 Å². The maximum absolute atomic E-state index is 12.8. The first-order valence-corrected chi connectivity index (χ1v) is 11.5. The fraction of sp³-hybridized carbons (Fsp3) is 0.0909. The van der Waals surface area contributed by atoms with Gasteiger partial charge in [-0.05, 0) is 54.6 Å². The number of ether oxygens (including phenoxy) is 2. The quantitative estimate of drug-likeness (QED) is 0.580. The summed E-state index contributed by atoms with van der Waals surface area (Å²) in [6.07, 6.45) is 6.13. The number of nitrogens with zero attached hydrogens (tertiary/aromatic N) is 1. The second-order valence-electron chi connectivity index (χ2n) is 6.54. The van der Waals surface area contributed by atoms with Gasteiger partial charge < -0.3 is 14.4 Å². The van der Waals surface area contributed by atoms with Crippen molar-refractivity contribution in [2.75, 3.05) is 23.8 Å². The fourth-order valence-corrected chi connectivity index (χ4v) is 4.27. The molecule has 33 heavy (non-hydrogen) atoms. The smallest absolute Gasteiger partial charge is 0.355 e. The summed E-state index contributed by atoms with van der Waals surface area (Å²) in [4.78, 5) is 26.1. The highest BCUT2D eigenvalue weighted by atomic mass is 35.5. The molecular formula is C22H18Cl2N2O6S. The molecule has 0 aromatic heterocycles. The van der Waals surface area contributed by atoms with E-state index in [4.69, 9.17) is 32.7 Å². The molecule has 1 aliphatic heterocycles. The van der Waals surface area contributed by atoms with Crippen LogP contribution in [-0.4, -0.2) is 34.6 Å². The fourth-order valence-electron chi connectivity index (χ4n) is 2.93. The lowest BCUT2D eigenvalue weighted by Gasteiger charge is -2.23. The summed E-state index contributed by atoms with van der Waals surface area (Å²) in [5, 5.41) is 0.502. The van der Waals surface area contributed by atoms with E-state index < -0.39 is 22.0 Å². The molecule has 2 aromatic rings. The number of anilines is 2. The van der Waals surface area contributed by atoms with Crippen molar-refractivity contribution >= 4 is 56.5 Å². The average molecular weight is 509 g/mol. The molecule has 1 aliphatic rings. The number of hydrogen-bond acceptors (Lipinski definition) is 7. The van der Waals surface area contributed by atoms with Gasteiger partial charge in [0, 0.05) is 11.9 Å². The van der Waals surface area contributed by atoms with Gasteiger partial charge in [0.1, 0.15) is 5.70 Å². The van der Waals surface area contributed by atoms with Crippen LogP contribution in [0.25, 0.3) is 0 Å². The van der Waals surface area contributed by atoms with Crippen LogP contribution < -0.4 is 9.62 Å². The standard InChI is InChI=1S/C22H18Cl2N2O6S/c1-31-21(27)17-5-3-4-12-26(20(17)22(28)32-2)15-7-9-16(10-8-15)33(29,30)25-14-6-11-18(23)19(24)13-14/h3-13,25H,1-2H3. The van der Waals surface area contributed by atoms with Crippen LogP contribution in [0.15, 0.2) is 83.1 Å². The van der Waals surface area contributed by atoms with E-state index in [1.54, 1.807) is 12.2 Å². The number of methoxy groups -OCH3 is 2. The number of allylic oxidation sites excluding steroid dienone is 2. The number of nitrogens with one attached hydrogen (secondary N) is 1. The van der Waals surface area contributed by atoms with E-state index in [0.717, 1.165) is 0 Å². The Balaban J connectivity index is 1.97. The Morgan fingerprint density at radius 2 is 1.58 bits per heavy atom. The highest BCUT2D eigenvalue weighted by Gasteiger charge is 2.27. The average Bonchev–Trinajstić information content (AvgIpc) is 3.03. The van der Waals surface area contributed by atoms with Crippen molar-refractivity contribution in [1.29, 1.82) is 0 Å². The minimum absolute atomic E-state index is 0.0210. The van der Waals surface area contributed by atoms with Crippen LogP contribution in [0.5, 0.6) is 0 Å². The molecule has 0 unspecified atom stereocenters. The predicted octanol–water partition coefficient (Wildman–Crippen LogP) is 4.28. The Morgan fingerprint density at radius 1 is 0.909 bits per heavy atom. The second-order valence-corrected chi connectivity index (χ2v) is 9.04. The van der Waals surface area contributed by atoms with Crippen LogP contribution in [-0.2, 0) is 29.1 Å². The molecule has 1 heterocycles. The number of halogens is 2. The van der Waals surface area contributed by atoms with Gasteiger partial charge in [0.15, 0.2) is 0 Å². The highest BCUT2D eigenvalue weighted by Crippen LogP contribution is 2.29. The highest BCUT2D eigenvalue weighted by molar-refractivity contribution is 7.92. The third-order valence-corrected chi connectivity index (χ3v) is 6.62. The van der Waals surface area contributed by atoms with Gasteiger partial charge in [-0.25, -0.2) is 18.0 Å². The molecule has 172 valence electrons. The van der Waals surface area contributed by atoms with Crippen LogP contribution in [0.2, 0.25) is 10.0 Å². The zero-order valence-electron chi connectivity index (χ0n) is 17.4. The Hall–Kier alpha value is -3.27. The maximum Gasteiger partial charge on any atom is 0.355 e. The second kappa shape index (κ2) is 10.1. The lowest BCUT2D eigenvalue weighted by Crippen LogP contribution is -2.27. The molecule has 11 heteroatoms. The molecule has 0 aliphatic carbocycles. The number of carbonyl (C=O) groups excluding carboxylic acids is 2. The van der Waals surface area contributed by atoms with Crippen molar-refractivity contribution in [2.24, 2.45) is 0 Å². The van der Waals surface area contributed by atoms with Crippen LogP contribution in [0.4, 0.5) is 11.4 Å². The van der Waals surface area contributed by atoms with E-state index in [1.165, 1.54) is 73.9 Å². The van der Waals surface area contributed by atoms with Crippen molar-refractivity contribution < 1.29 is 27.5 Å². The Bertz CT molecular complexity index is 1280. The van der Waals surface area contributed by atoms with Gasteiger partial charge in [-0.3, -0.25) is 4.72 Å². The zero-order valence-corrected chi connectivity index (χ0v) is 19.7. The molecule has 2 aromatic carbocycles. The Morgan fingerprint density at radius 3 is 2.18 bits per heavy atom. The minimum atomic E-state index is -3.94. The third kappa shape index (κ3) is 5.39. The number of rotatable bonds is 6. The van der Waals surface area contributed by atoms with Gasteiger partial charge in [-0.15, -0.1) is 0 Å². The van der Waals surface area contributed by atoms with Gasteiger partial charge in [0.2, 0.25) is 0 Å². The first kappa shape index (κ1) is 24.4. The molecule has 0 radical (unpaired) electrons. The molecule has 0 saturated heterocycles. The van der Waals surface area contributed by atoms with Gasteiger partial charge in [-0.1, -0.05) is 29.3 Å². The van der Waals surface area contributed by atoms with Gasteiger partial charge in [0.05, 0.1) is 40.4 Å². The summed E-state index contributed by atoms with van der Waals surface area (Å²) in [5.74, 6) is -1.50. The lowest BCUT2D eigenvalue weighted by atomic mass is 10.1. The van der Waals surface area contributed by atoms with E-state index in [2.05, 4.69) is 4.72 Å². The van der Waals surface area contributed by atoms with E-state index in [0.29, 0.717) is 10.7 Å². The summed E-state index contributed by atoms with van der Waals surface area (Å²) in [5.41, 5.74) is 0.546. The molecule has 0 bridgehead atoms. The molecule has 3 rings (SSSR count).